The van der Waals surface area contributed by atoms with Crippen molar-refractivity contribution in [3.8, 4) is 5.75 Å². The van der Waals surface area contributed by atoms with Crippen LogP contribution in [0.3, 0.4) is 0 Å². The van der Waals surface area contributed by atoms with Crippen molar-refractivity contribution in [2.75, 3.05) is 12.5 Å². The molecule has 4 nitrogen and oxygen atoms in total. The van der Waals surface area contributed by atoms with Gasteiger partial charge in [-0.25, -0.2) is 4.98 Å². The van der Waals surface area contributed by atoms with Crippen LogP contribution < -0.4 is 10.2 Å². The Balaban J connectivity index is 1.78. The first-order chi connectivity index (χ1) is 12.8. The van der Waals surface area contributed by atoms with E-state index in [1.807, 2.05) is 66.7 Å². The fraction of sp³-hybridized carbons (Fsp3) is 0.0476. The van der Waals surface area contributed by atoms with E-state index in [9.17, 15) is 0 Å². The van der Waals surface area contributed by atoms with Gasteiger partial charge in [-0.15, -0.1) is 0 Å². The molecule has 4 aromatic rings. The molecule has 0 fully saturated rings. The molecule has 0 atom stereocenters. The first-order valence-corrected chi connectivity index (χ1v) is 8.95. The zero-order valence-electron chi connectivity index (χ0n) is 14.1. The number of ether oxygens (including phenoxy) is 1. The smallest absolute Gasteiger partial charge is 0.127 e. The summed E-state index contributed by atoms with van der Waals surface area (Å²) in [4.78, 5) is 4.73. The molecule has 4 rings (SSSR count). The molecule has 0 unspecified atom stereocenters. The summed E-state index contributed by atoms with van der Waals surface area (Å²) in [6.07, 6.45) is 1.76. The van der Waals surface area contributed by atoms with Crippen molar-refractivity contribution in [2.45, 2.75) is 0 Å². The monoisotopic (exact) mass is 405 g/mol. The number of aromatic nitrogens is 1. The Kier molecular flexibility index (Phi) is 4.54. The molecule has 0 radical (unpaired) electrons. The molecule has 1 aromatic heterocycles. The molecule has 0 aliphatic rings. The van der Waals surface area contributed by atoms with Gasteiger partial charge in [0.2, 0.25) is 0 Å². The maximum absolute atomic E-state index is 5.39. The van der Waals surface area contributed by atoms with Crippen LogP contribution in [0.25, 0.3) is 21.8 Å². The lowest BCUT2D eigenvalue weighted by Crippen LogP contribution is -1.96. The van der Waals surface area contributed by atoms with E-state index in [4.69, 9.17) is 9.72 Å². The van der Waals surface area contributed by atoms with Crippen molar-refractivity contribution in [2.24, 2.45) is 5.10 Å². The molecule has 3 aromatic carbocycles. The van der Waals surface area contributed by atoms with E-state index in [-0.39, 0.29) is 0 Å². The Labute approximate surface area is 159 Å². The third-order valence-electron chi connectivity index (χ3n) is 4.16. The van der Waals surface area contributed by atoms with Crippen LogP contribution in [0, 0.1) is 0 Å². The second kappa shape index (κ2) is 7.14. The van der Waals surface area contributed by atoms with E-state index in [1.165, 1.54) is 0 Å². The fourth-order valence-corrected chi connectivity index (χ4v) is 3.31. The van der Waals surface area contributed by atoms with Gasteiger partial charge in [-0.2, -0.15) is 5.10 Å². The SMILES string of the molecule is COc1ccc(Br)cc1/C=N/Nc1c2ccccc2nc2ccccc12. The molecule has 5 heteroatoms. The topological polar surface area (TPSA) is 46.5 Å². The van der Waals surface area contributed by atoms with Crippen molar-refractivity contribution in [1.82, 2.24) is 4.98 Å². The molecular formula is C21H16BrN3O. The Morgan fingerprint density at radius 1 is 0.962 bits per heavy atom. The number of rotatable bonds is 4. The molecule has 26 heavy (non-hydrogen) atoms. The quantitative estimate of drug-likeness (QED) is 0.272. The summed E-state index contributed by atoms with van der Waals surface area (Å²) in [5.74, 6) is 0.767. The third-order valence-corrected chi connectivity index (χ3v) is 4.65. The van der Waals surface area contributed by atoms with E-state index in [0.717, 1.165) is 43.3 Å². The highest BCUT2D eigenvalue weighted by Crippen LogP contribution is 2.30. The molecule has 128 valence electrons. The number of nitrogens with zero attached hydrogens (tertiary/aromatic N) is 2. The minimum Gasteiger partial charge on any atom is -0.496 e. The molecule has 0 spiro atoms. The van der Waals surface area contributed by atoms with Crippen LogP contribution in [0.2, 0.25) is 0 Å². The number of hydrazone groups is 1. The van der Waals surface area contributed by atoms with Crippen LogP contribution in [-0.4, -0.2) is 18.3 Å². The second-order valence-corrected chi connectivity index (χ2v) is 6.69. The minimum absolute atomic E-state index is 0.767. The Morgan fingerprint density at radius 2 is 1.62 bits per heavy atom. The van der Waals surface area contributed by atoms with Gasteiger partial charge >= 0.3 is 0 Å². The molecular weight excluding hydrogens is 390 g/mol. The van der Waals surface area contributed by atoms with Crippen LogP contribution in [0.15, 0.2) is 76.3 Å². The number of methoxy groups -OCH3 is 1. The zero-order valence-corrected chi connectivity index (χ0v) is 15.7. The Hall–Kier alpha value is -2.92. The maximum atomic E-state index is 5.39. The minimum atomic E-state index is 0.767. The number of anilines is 1. The second-order valence-electron chi connectivity index (χ2n) is 5.78. The van der Waals surface area contributed by atoms with E-state index in [2.05, 4.69) is 26.5 Å². The lowest BCUT2D eigenvalue weighted by molar-refractivity contribution is 0.414. The summed E-state index contributed by atoms with van der Waals surface area (Å²) in [7, 11) is 1.65. The zero-order chi connectivity index (χ0) is 17.9. The lowest BCUT2D eigenvalue weighted by Gasteiger charge is -2.10. The number of hydrogen-bond donors (Lipinski definition) is 1. The average molecular weight is 406 g/mol. The molecule has 0 aliphatic heterocycles. The van der Waals surface area contributed by atoms with Gasteiger partial charge in [-0.3, -0.25) is 5.43 Å². The highest BCUT2D eigenvalue weighted by atomic mass is 79.9. The predicted octanol–water partition coefficient (Wildman–Crippen LogP) is 5.61. The number of para-hydroxylation sites is 2. The van der Waals surface area contributed by atoms with Gasteiger partial charge in [0.15, 0.2) is 0 Å². The van der Waals surface area contributed by atoms with Gasteiger partial charge in [-0.05, 0) is 30.3 Å². The number of benzene rings is 3. The molecule has 0 bridgehead atoms. The van der Waals surface area contributed by atoms with E-state index >= 15 is 0 Å². The van der Waals surface area contributed by atoms with Gasteiger partial charge in [0, 0.05) is 20.8 Å². The molecule has 0 saturated carbocycles. The van der Waals surface area contributed by atoms with Crippen molar-refractivity contribution in [3.05, 3.63) is 76.8 Å². The molecule has 0 amide bonds. The molecule has 1 heterocycles. The fourth-order valence-electron chi connectivity index (χ4n) is 2.93. The lowest BCUT2D eigenvalue weighted by atomic mass is 10.1. The standard InChI is InChI=1S/C21H16BrN3O/c1-26-20-11-10-15(22)12-14(20)13-23-25-21-16-6-2-4-8-18(16)24-19-9-5-3-7-17(19)21/h2-13H,1H3,(H,24,25)/b23-13+. The van der Waals surface area contributed by atoms with Crippen molar-refractivity contribution in [1.29, 1.82) is 0 Å². The van der Waals surface area contributed by atoms with Gasteiger partial charge in [0.05, 0.1) is 30.0 Å². The summed E-state index contributed by atoms with van der Waals surface area (Å²) in [6.45, 7) is 0. The van der Waals surface area contributed by atoms with E-state index in [0.29, 0.717) is 0 Å². The van der Waals surface area contributed by atoms with Crippen molar-refractivity contribution >= 4 is 49.6 Å². The van der Waals surface area contributed by atoms with Crippen molar-refractivity contribution < 1.29 is 4.74 Å². The van der Waals surface area contributed by atoms with Crippen LogP contribution in [0.1, 0.15) is 5.56 Å². The van der Waals surface area contributed by atoms with Crippen molar-refractivity contribution in [3.63, 3.8) is 0 Å². The van der Waals surface area contributed by atoms with Crippen LogP contribution in [-0.2, 0) is 0 Å². The largest absolute Gasteiger partial charge is 0.496 e. The number of halogens is 1. The van der Waals surface area contributed by atoms with Crippen LogP contribution in [0.4, 0.5) is 5.69 Å². The maximum Gasteiger partial charge on any atom is 0.127 e. The first kappa shape index (κ1) is 16.5. The first-order valence-electron chi connectivity index (χ1n) is 8.16. The number of nitrogens with one attached hydrogen (secondary N) is 1. The summed E-state index contributed by atoms with van der Waals surface area (Å²) >= 11 is 3.48. The highest BCUT2D eigenvalue weighted by Gasteiger charge is 2.08. The summed E-state index contributed by atoms with van der Waals surface area (Å²) in [5.41, 5.74) is 6.90. The van der Waals surface area contributed by atoms with Crippen LogP contribution in [0.5, 0.6) is 5.75 Å². The number of pyridine rings is 1. The summed E-state index contributed by atoms with van der Waals surface area (Å²) in [6, 6.07) is 21.9. The van der Waals surface area contributed by atoms with Gasteiger partial charge in [-0.1, -0.05) is 52.3 Å². The summed E-state index contributed by atoms with van der Waals surface area (Å²) in [5, 5.41) is 6.52. The molecule has 0 aliphatic carbocycles. The summed E-state index contributed by atoms with van der Waals surface area (Å²) < 4.78 is 6.37. The van der Waals surface area contributed by atoms with E-state index in [1.54, 1.807) is 13.3 Å². The predicted molar refractivity (Wildman–Crippen MR) is 111 cm³/mol. The van der Waals surface area contributed by atoms with Gasteiger partial charge < -0.3 is 4.74 Å². The Morgan fingerprint density at radius 3 is 2.27 bits per heavy atom. The highest BCUT2D eigenvalue weighted by molar-refractivity contribution is 9.10. The number of hydrogen-bond acceptors (Lipinski definition) is 4. The van der Waals surface area contributed by atoms with Crippen LogP contribution >= 0.6 is 15.9 Å². The Bertz CT molecular complexity index is 1070. The van der Waals surface area contributed by atoms with Gasteiger partial charge in [0.25, 0.3) is 0 Å². The molecule has 1 N–H and O–H groups in total. The third kappa shape index (κ3) is 3.13. The molecule has 0 saturated heterocycles. The van der Waals surface area contributed by atoms with E-state index < -0.39 is 0 Å². The van der Waals surface area contributed by atoms with Gasteiger partial charge in [0.1, 0.15) is 5.75 Å². The normalized spacial score (nSPS) is 11.3. The average Bonchev–Trinajstić information content (AvgIpc) is 2.67. The number of fused-ring (bicyclic) bond motifs is 2.